The lowest BCUT2D eigenvalue weighted by Crippen LogP contribution is -2.31. The molecule has 1 N–H and O–H groups in total. The van der Waals surface area contributed by atoms with Crippen molar-refractivity contribution in [2.24, 2.45) is 0 Å². The van der Waals surface area contributed by atoms with Crippen molar-refractivity contribution in [3.63, 3.8) is 0 Å². The van der Waals surface area contributed by atoms with Crippen LogP contribution >= 0.6 is 11.6 Å². The van der Waals surface area contributed by atoms with E-state index < -0.39 is 0 Å². The fourth-order valence-corrected chi connectivity index (χ4v) is 3.58. The molecular formula is C20H26ClN3O. The van der Waals surface area contributed by atoms with Crippen LogP contribution in [0, 0.1) is 6.92 Å². The Labute approximate surface area is 154 Å². The lowest BCUT2D eigenvalue weighted by Gasteiger charge is -2.26. The monoisotopic (exact) mass is 359 g/mol. The molecule has 1 aliphatic rings. The van der Waals surface area contributed by atoms with E-state index in [1.165, 1.54) is 32.4 Å². The van der Waals surface area contributed by atoms with Crippen molar-refractivity contribution >= 4 is 17.3 Å². The van der Waals surface area contributed by atoms with E-state index in [0.717, 1.165) is 30.8 Å². The number of rotatable bonds is 6. The summed E-state index contributed by atoms with van der Waals surface area (Å²) in [5.74, 6) is 0. The third-order valence-electron chi connectivity index (χ3n) is 4.70. The van der Waals surface area contributed by atoms with Crippen LogP contribution in [0.2, 0.25) is 5.02 Å². The second-order valence-electron chi connectivity index (χ2n) is 6.76. The fraction of sp³-hybridized carbons (Fsp3) is 0.450. The van der Waals surface area contributed by atoms with Crippen LogP contribution in [0.1, 0.15) is 31.2 Å². The first-order chi connectivity index (χ1) is 12.1. The summed E-state index contributed by atoms with van der Waals surface area (Å²) in [4.78, 5) is 14.6. The molecule has 0 radical (unpaired) electrons. The van der Waals surface area contributed by atoms with Crippen molar-refractivity contribution < 1.29 is 0 Å². The summed E-state index contributed by atoms with van der Waals surface area (Å²) in [6.07, 6.45) is 6.99. The highest BCUT2D eigenvalue weighted by molar-refractivity contribution is 6.32. The highest BCUT2D eigenvalue weighted by Crippen LogP contribution is 2.23. The maximum atomic E-state index is 12.1. The van der Waals surface area contributed by atoms with Crippen LogP contribution in [0.5, 0.6) is 0 Å². The maximum absolute atomic E-state index is 12.1. The van der Waals surface area contributed by atoms with E-state index in [2.05, 4.69) is 10.2 Å². The molecule has 0 atom stereocenters. The molecule has 0 amide bonds. The molecule has 0 bridgehead atoms. The highest BCUT2D eigenvalue weighted by Gasteiger charge is 2.09. The normalized spacial score (nSPS) is 15.3. The number of hydrogen-bond acceptors (Lipinski definition) is 3. The van der Waals surface area contributed by atoms with E-state index in [1.807, 2.05) is 37.4 Å². The number of hydrogen-bond donors (Lipinski definition) is 1. The summed E-state index contributed by atoms with van der Waals surface area (Å²) < 4.78 is 1.60. The number of pyridine rings is 1. The second kappa shape index (κ2) is 8.54. The lowest BCUT2D eigenvalue weighted by molar-refractivity contribution is 0.228. The van der Waals surface area contributed by atoms with E-state index in [-0.39, 0.29) is 5.56 Å². The molecule has 1 aromatic carbocycles. The minimum absolute atomic E-state index is 0.0743. The minimum Gasteiger partial charge on any atom is -0.385 e. The first-order valence-corrected chi connectivity index (χ1v) is 9.47. The molecule has 2 heterocycles. The van der Waals surface area contributed by atoms with E-state index in [4.69, 9.17) is 11.6 Å². The molecule has 3 rings (SSSR count). The van der Waals surface area contributed by atoms with Gasteiger partial charge in [-0.2, -0.15) is 0 Å². The van der Waals surface area contributed by atoms with Crippen molar-refractivity contribution in [3.05, 3.63) is 57.5 Å². The van der Waals surface area contributed by atoms with Gasteiger partial charge in [0, 0.05) is 24.5 Å². The third kappa shape index (κ3) is 4.86. The zero-order valence-electron chi connectivity index (χ0n) is 14.8. The van der Waals surface area contributed by atoms with Crippen molar-refractivity contribution in [1.29, 1.82) is 0 Å². The predicted molar refractivity (Wildman–Crippen MR) is 105 cm³/mol. The number of aryl methyl sites for hydroxylation is 1. The second-order valence-corrected chi connectivity index (χ2v) is 7.17. The molecule has 1 fully saturated rings. The van der Waals surface area contributed by atoms with Gasteiger partial charge in [0.25, 0.3) is 5.56 Å². The van der Waals surface area contributed by atoms with Gasteiger partial charge < -0.3 is 10.2 Å². The smallest absolute Gasteiger partial charge is 0.255 e. The molecule has 1 aliphatic heterocycles. The van der Waals surface area contributed by atoms with Crippen LogP contribution in [0.4, 0.5) is 5.69 Å². The largest absolute Gasteiger partial charge is 0.385 e. The number of anilines is 1. The molecular weight excluding hydrogens is 334 g/mol. The van der Waals surface area contributed by atoms with E-state index in [0.29, 0.717) is 10.7 Å². The summed E-state index contributed by atoms with van der Waals surface area (Å²) in [7, 11) is 0. The number of nitrogens with one attached hydrogen (secondary N) is 1. The van der Waals surface area contributed by atoms with Gasteiger partial charge >= 0.3 is 0 Å². The first-order valence-electron chi connectivity index (χ1n) is 9.09. The van der Waals surface area contributed by atoms with Gasteiger partial charge in [-0.3, -0.25) is 9.36 Å². The SMILES string of the molecule is Cc1ccc(=O)n(-c2ccc(NCCCN3CCCCC3)cc2Cl)c1. The van der Waals surface area contributed by atoms with Gasteiger partial charge in [0.2, 0.25) is 0 Å². The molecule has 2 aromatic rings. The average molecular weight is 360 g/mol. The minimum atomic E-state index is -0.0743. The Morgan fingerprint density at radius 2 is 1.92 bits per heavy atom. The van der Waals surface area contributed by atoms with Crippen LogP contribution in [0.15, 0.2) is 41.3 Å². The molecule has 0 unspecified atom stereocenters. The molecule has 134 valence electrons. The van der Waals surface area contributed by atoms with Crippen LogP contribution in [0.25, 0.3) is 5.69 Å². The number of likely N-dealkylation sites (tertiary alicyclic amines) is 1. The van der Waals surface area contributed by atoms with Crippen LogP contribution in [-0.2, 0) is 0 Å². The Balaban J connectivity index is 1.58. The van der Waals surface area contributed by atoms with Crippen molar-refractivity contribution in [3.8, 4) is 5.69 Å². The summed E-state index contributed by atoms with van der Waals surface area (Å²) in [5.41, 5.74) is 2.66. The Bertz CT molecular complexity index is 766. The highest BCUT2D eigenvalue weighted by atomic mass is 35.5. The quantitative estimate of drug-likeness (QED) is 0.789. The first kappa shape index (κ1) is 18.0. The summed E-state index contributed by atoms with van der Waals surface area (Å²) >= 11 is 6.41. The van der Waals surface area contributed by atoms with Gasteiger partial charge in [0.05, 0.1) is 10.7 Å². The molecule has 25 heavy (non-hydrogen) atoms. The third-order valence-corrected chi connectivity index (χ3v) is 5.00. The zero-order valence-corrected chi connectivity index (χ0v) is 15.6. The van der Waals surface area contributed by atoms with Crippen molar-refractivity contribution in [2.75, 3.05) is 31.5 Å². The molecule has 0 saturated carbocycles. The molecule has 1 aromatic heterocycles. The number of piperidine rings is 1. The van der Waals surface area contributed by atoms with E-state index in [9.17, 15) is 4.79 Å². The van der Waals surface area contributed by atoms with E-state index >= 15 is 0 Å². The fourth-order valence-electron chi connectivity index (χ4n) is 3.31. The molecule has 1 saturated heterocycles. The van der Waals surface area contributed by atoms with Crippen molar-refractivity contribution in [1.82, 2.24) is 9.47 Å². The van der Waals surface area contributed by atoms with Gasteiger partial charge in [0.1, 0.15) is 0 Å². The topological polar surface area (TPSA) is 37.3 Å². The number of aromatic nitrogens is 1. The number of halogens is 1. The predicted octanol–water partition coefficient (Wildman–Crippen LogP) is 4.09. The van der Waals surface area contributed by atoms with Gasteiger partial charge in [-0.15, -0.1) is 0 Å². The van der Waals surface area contributed by atoms with Crippen LogP contribution < -0.4 is 10.9 Å². The molecule has 0 spiro atoms. The van der Waals surface area contributed by atoms with Crippen LogP contribution in [-0.4, -0.2) is 35.6 Å². The maximum Gasteiger partial charge on any atom is 0.255 e. The van der Waals surface area contributed by atoms with Crippen LogP contribution in [0.3, 0.4) is 0 Å². The Morgan fingerprint density at radius 1 is 1.12 bits per heavy atom. The van der Waals surface area contributed by atoms with Gasteiger partial charge in [-0.05, 0) is 69.6 Å². The van der Waals surface area contributed by atoms with Gasteiger partial charge in [-0.1, -0.05) is 24.1 Å². The molecule has 0 aliphatic carbocycles. The number of nitrogens with zero attached hydrogens (tertiary/aromatic N) is 2. The number of benzene rings is 1. The van der Waals surface area contributed by atoms with Gasteiger partial charge in [0.15, 0.2) is 0 Å². The van der Waals surface area contributed by atoms with Gasteiger partial charge in [-0.25, -0.2) is 0 Å². The summed E-state index contributed by atoms with van der Waals surface area (Å²) in [5, 5.41) is 4.01. The Kier molecular flexibility index (Phi) is 6.16. The lowest BCUT2D eigenvalue weighted by atomic mass is 10.1. The Morgan fingerprint density at radius 3 is 2.68 bits per heavy atom. The average Bonchev–Trinajstić information content (AvgIpc) is 2.62. The summed E-state index contributed by atoms with van der Waals surface area (Å²) in [6.45, 7) is 6.52. The van der Waals surface area contributed by atoms with Crippen molar-refractivity contribution in [2.45, 2.75) is 32.6 Å². The molecule has 5 heteroatoms. The summed E-state index contributed by atoms with van der Waals surface area (Å²) in [6, 6.07) is 9.16. The Hall–Kier alpha value is -1.78. The standard InChI is InChI=1S/C20H26ClN3O/c1-16-6-9-20(25)24(15-16)19-8-7-17(14-18(19)21)22-10-5-13-23-11-3-2-4-12-23/h6-9,14-15,22H,2-5,10-13H2,1H3. The molecule has 4 nitrogen and oxygen atoms in total. The zero-order chi connectivity index (χ0) is 17.6. The van der Waals surface area contributed by atoms with E-state index in [1.54, 1.807) is 10.6 Å².